The van der Waals surface area contributed by atoms with Crippen LogP contribution in [0.25, 0.3) is 0 Å². The van der Waals surface area contributed by atoms with E-state index in [1.165, 1.54) is 57.3 Å². The van der Waals surface area contributed by atoms with Crippen molar-refractivity contribution in [3.63, 3.8) is 0 Å². The van der Waals surface area contributed by atoms with E-state index in [2.05, 4.69) is 41.5 Å². The molecule has 2 heterocycles. The molecule has 1 unspecified atom stereocenters. The largest absolute Gasteiger partial charge is 0.310 e. The summed E-state index contributed by atoms with van der Waals surface area (Å²) in [6, 6.07) is 9.97. The van der Waals surface area contributed by atoms with E-state index in [4.69, 9.17) is 0 Å². The molecule has 0 saturated carbocycles. The summed E-state index contributed by atoms with van der Waals surface area (Å²) >= 11 is 0. The average molecular weight is 258 g/mol. The van der Waals surface area contributed by atoms with Crippen molar-refractivity contribution in [3.8, 4) is 0 Å². The van der Waals surface area contributed by atoms with Crippen LogP contribution in [-0.2, 0) is 0 Å². The van der Waals surface area contributed by atoms with Gasteiger partial charge in [0.05, 0.1) is 0 Å². The summed E-state index contributed by atoms with van der Waals surface area (Å²) in [7, 11) is 2.23. The van der Waals surface area contributed by atoms with Crippen LogP contribution in [0.3, 0.4) is 0 Å². The Morgan fingerprint density at radius 3 is 2.58 bits per heavy atom. The molecule has 1 aromatic carbocycles. The summed E-state index contributed by atoms with van der Waals surface area (Å²) in [5.74, 6) is 0.778. The van der Waals surface area contributed by atoms with Crippen molar-refractivity contribution in [2.75, 3.05) is 26.7 Å². The Morgan fingerprint density at radius 1 is 1.05 bits per heavy atom. The quantitative estimate of drug-likeness (QED) is 0.875. The van der Waals surface area contributed by atoms with Crippen LogP contribution in [-0.4, -0.2) is 31.6 Å². The third-order valence-electron chi connectivity index (χ3n) is 4.81. The summed E-state index contributed by atoms with van der Waals surface area (Å²) in [6.07, 6.45) is 6.65. The molecule has 0 radical (unpaired) electrons. The predicted molar refractivity (Wildman–Crippen MR) is 80.5 cm³/mol. The second kappa shape index (κ2) is 6.06. The molecule has 0 bridgehead atoms. The molecule has 2 nitrogen and oxygen atoms in total. The lowest BCUT2D eigenvalue weighted by molar-refractivity contribution is 0.255. The van der Waals surface area contributed by atoms with E-state index in [9.17, 15) is 0 Å². The van der Waals surface area contributed by atoms with Gasteiger partial charge in [0.25, 0.3) is 0 Å². The maximum atomic E-state index is 3.66. The minimum Gasteiger partial charge on any atom is -0.310 e. The van der Waals surface area contributed by atoms with Gasteiger partial charge in [0.1, 0.15) is 0 Å². The third-order valence-corrected chi connectivity index (χ3v) is 4.81. The second-order valence-corrected chi connectivity index (χ2v) is 6.25. The zero-order valence-corrected chi connectivity index (χ0v) is 12.1. The Bertz CT molecular complexity index is 401. The first-order valence-electron chi connectivity index (χ1n) is 7.85. The number of benzene rings is 1. The number of nitrogens with one attached hydrogen (secondary N) is 1. The van der Waals surface area contributed by atoms with Gasteiger partial charge in [-0.25, -0.2) is 0 Å². The molecule has 19 heavy (non-hydrogen) atoms. The first kappa shape index (κ1) is 13.1. The van der Waals surface area contributed by atoms with E-state index in [-0.39, 0.29) is 0 Å². The molecule has 0 aromatic heterocycles. The molecule has 1 N–H and O–H groups in total. The highest BCUT2D eigenvalue weighted by Crippen LogP contribution is 2.30. The number of hydrogen-bond donors (Lipinski definition) is 1. The lowest BCUT2D eigenvalue weighted by Gasteiger charge is -2.30. The SMILES string of the molecule is CN1CCC(c2cccc(C3CCCCN3)c2)CC1. The molecule has 2 aliphatic rings. The Labute approximate surface area is 117 Å². The van der Waals surface area contributed by atoms with Gasteiger partial charge in [-0.2, -0.15) is 0 Å². The van der Waals surface area contributed by atoms with E-state index < -0.39 is 0 Å². The summed E-state index contributed by atoms with van der Waals surface area (Å²) in [5, 5.41) is 3.66. The Kier molecular flexibility index (Phi) is 4.19. The van der Waals surface area contributed by atoms with Crippen LogP contribution in [0.15, 0.2) is 24.3 Å². The van der Waals surface area contributed by atoms with Gasteiger partial charge in [-0.15, -0.1) is 0 Å². The fourth-order valence-corrected chi connectivity index (χ4v) is 3.51. The Morgan fingerprint density at radius 2 is 1.84 bits per heavy atom. The summed E-state index contributed by atoms with van der Waals surface area (Å²) in [6.45, 7) is 3.68. The fourth-order valence-electron chi connectivity index (χ4n) is 3.51. The van der Waals surface area contributed by atoms with Crippen molar-refractivity contribution in [1.29, 1.82) is 0 Å². The molecular weight excluding hydrogens is 232 g/mol. The summed E-state index contributed by atoms with van der Waals surface area (Å²) in [4.78, 5) is 2.45. The van der Waals surface area contributed by atoms with Gasteiger partial charge >= 0.3 is 0 Å². The second-order valence-electron chi connectivity index (χ2n) is 6.25. The zero-order valence-electron chi connectivity index (χ0n) is 12.1. The van der Waals surface area contributed by atoms with Gasteiger partial charge in [-0.05, 0) is 69.4 Å². The van der Waals surface area contributed by atoms with Gasteiger partial charge in [0, 0.05) is 6.04 Å². The normalized spacial score (nSPS) is 26.5. The molecule has 2 fully saturated rings. The lowest BCUT2D eigenvalue weighted by Crippen LogP contribution is -2.29. The predicted octanol–water partition coefficient (Wildman–Crippen LogP) is 3.31. The van der Waals surface area contributed by atoms with Gasteiger partial charge in [-0.1, -0.05) is 30.7 Å². The van der Waals surface area contributed by atoms with Crippen molar-refractivity contribution in [3.05, 3.63) is 35.4 Å². The Hall–Kier alpha value is -0.860. The maximum absolute atomic E-state index is 3.66. The number of nitrogens with zero attached hydrogens (tertiary/aromatic N) is 1. The smallest absolute Gasteiger partial charge is 0.0320 e. The Balaban J connectivity index is 1.72. The molecular formula is C17H26N2. The zero-order chi connectivity index (χ0) is 13.1. The van der Waals surface area contributed by atoms with E-state index in [1.54, 1.807) is 5.56 Å². The van der Waals surface area contributed by atoms with Crippen molar-refractivity contribution in [2.24, 2.45) is 0 Å². The molecule has 2 heteroatoms. The molecule has 0 amide bonds. The minimum absolute atomic E-state index is 0.597. The fraction of sp³-hybridized carbons (Fsp3) is 0.647. The minimum atomic E-state index is 0.597. The van der Waals surface area contributed by atoms with E-state index in [1.807, 2.05) is 0 Å². The van der Waals surface area contributed by atoms with E-state index in [0.717, 1.165) is 5.92 Å². The monoisotopic (exact) mass is 258 g/mol. The molecule has 0 spiro atoms. The van der Waals surface area contributed by atoms with Crippen LogP contribution in [0.1, 0.15) is 55.2 Å². The van der Waals surface area contributed by atoms with Crippen molar-refractivity contribution in [2.45, 2.75) is 44.1 Å². The average Bonchev–Trinajstić information content (AvgIpc) is 2.49. The molecule has 3 rings (SSSR count). The van der Waals surface area contributed by atoms with Gasteiger partial charge in [0.15, 0.2) is 0 Å². The molecule has 1 aromatic rings. The van der Waals surface area contributed by atoms with Crippen LogP contribution in [0.5, 0.6) is 0 Å². The first-order valence-corrected chi connectivity index (χ1v) is 7.85. The van der Waals surface area contributed by atoms with Gasteiger partial charge in [-0.3, -0.25) is 0 Å². The number of hydrogen-bond acceptors (Lipinski definition) is 2. The van der Waals surface area contributed by atoms with Gasteiger partial charge in [0.2, 0.25) is 0 Å². The van der Waals surface area contributed by atoms with Crippen molar-refractivity contribution < 1.29 is 0 Å². The number of likely N-dealkylation sites (tertiary alicyclic amines) is 1. The van der Waals surface area contributed by atoms with Crippen LogP contribution < -0.4 is 5.32 Å². The van der Waals surface area contributed by atoms with E-state index in [0.29, 0.717) is 6.04 Å². The van der Waals surface area contributed by atoms with Crippen LogP contribution in [0.2, 0.25) is 0 Å². The van der Waals surface area contributed by atoms with Crippen LogP contribution >= 0.6 is 0 Å². The number of piperidine rings is 2. The highest BCUT2D eigenvalue weighted by molar-refractivity contribution is 5.29. The summed E-state index contributed by atoms with van der Waals surface area (Å²) < 4.78 is 0. The first-order chi connectivity index (χ1) is 9.33. The summed E-state index contributed by atoms with van der Waals surface area (Å²) in [5.41, 5.74) is 3.08. The number of rotatable bonds is 2. The van der Waals surface area contributed by atoms with Crippen molar-refractivity contribution >= 4 is 0 Å². The molecule has 0 aliphatic carbocycles. The topological polar surface area (TPSA) is 15.3 Å². The lowest BCUT2D eigenvalue weighted by atomic mass is 9.87. The standard InChI is InChI=1S/C17H26N2/c1-19-11-8-14(9-12-19)15-5-4-6-16(13-15)17-7-2-3-10-18-17/h4-6,13-14,17-18H,2-3,7-12H2,1H3. The van der Waals surface area contributed by atoms with Crippen LogP contribution in [0.4, 0.5) is 0 Å². The highest BCUT2D eigenvalue weighted by atomic mass is 15.1. The van der Waals surface area contributed by atoms with Crippen LogP contribution in [0, 0.1) is 0 Å². The van der Waals surface area contributed by atoms with Crippen molar-refractivity contribution in [1.82, 2.24) is 10.2 Å². The third kappa shape index (κ3) is 3.18. The van der Waals surface area contributed by atoms with E-state index >= 15 is 0 Å². The van der Waals surface area contributed by atoms with Gasteiger partial charge < -0.3 is 10.2 Å². The molecule has 2 saturated heterocycles. The maximum Gasteiger partial charge on any atom is 0.0320 e. The molecule has 2 aliphatic heterocycles. The highest BCUT2D eigenvalue weighted by Gasteiger charge is 2.20. The molecule has 1 atom stereocenters. The molecule has 104 valence electrons.